The Bertz CT molecular complexity index is 364. The minimum absolute atomic E-state index is 0.154. The van der Waals surface area contributed by atoms with Gasteiger partial charge in [0, 0.05) is 6.54 Å². The third kappa shape index (κ3) is 6.53. The lowest BCUT2D eigenvalue weighted by molar-refractivity contribution is -0.00721. The zero-order valence-electron chi connectivity index (χ0n) is 13.6. The van der Waals surface area contributed by atoms with Crippen molar-refractivity contribution in [3.05, 3.63) is 35.4 Å². The van der Waals surface area contributed by atoms with Crippen molar-refractivity contribution in [1.29, 1.82) is 0 Å². The maximum atomic E-state index is 6.25. The zero-order valence-corrected chi connectivity index (χ0v) is 13.6. The molecular weight excluding hydrogens is 246 g/mol. The Hall–Kier alpha value is -0.860. The molecule has 0 spiro atoms. The van der Waals surface area contributed by atoms with Gasteiger partial charge in [0.05, 0.1) is 12.2 Å². The van der Waals surface area contributed by atoms with E-state index in [4.69, 9.17) is 4.74 Å². The Balaban J connectivity index is 2.49. The van der Waals surface area contributed by atoms with E-state index in [0.29, 0.717) is 6.10 Å². The normalized spacial score (nSPS) is 14.2. The van der Waals surface area contributed by atoms with Gasteiger partial charge in [-0.25, -0.2) is 0 Å². The highest BCUT2D eigenvalue weighted by atomic mass is 16.5. The van der Waals surface area contributed by atoms with Gasteiger partial charge in [-0.05, 0) is 32.9 Å². The number of nitrogens with one attached hydrogen (secondary N) is 1. The molecular formula is C18H31NO. The summed E-state index contributed by atoms with van der Waals surface area (Å²) >= 11 is 0. The summed E-state index contributed by atoms with van der Waals surface area (Å²) in [6, 6.07) is 8.64. The summed E-state index contributed by atoms with van der Waals surface area (Å²) < 4.78 is 6.25. The minimum Gasteiger partial charge on any atom is -0.369 e. The molecule has 1 aromatic carbocycles. The summed E-state index contributed by atoms with van der Waals surface area (Å²) in [7, 11) is 1.98. The number of benzene rings is 1. The molecule has 0 heterocycles. The maximum absolute atomic E-state index is 6.25. The van der Waals surface area contributed by atoms with Crippen molar-refractivity contribution in [2.24, 2.45) is 0 Å². The summed E-state index contributed by atoms with van der Waals surface area (Å²) in [6.45, 7) is 7.45. The van der Waals surface area contributed by atoms with Crippen LogP contribution in [0.4, 0.5) is 0 Å². The van der Waals surface area contributed by atoms with Crippen molar-refractivity contribution in [2.45, 2.75) is 65.1 Å². The van der Waals surface area contributed by atoms with Crippen molar-refractivity contribution in [3.63, 3.8) is 0 Å². The first-order valence-corrected chi connectivity index (χ1v) is 8.04. The van der Waals surface area contributed by atoms with Crippen LogP contribution in [0, 0.1) is 6.92 Å². The van der Waals surface area contributed by atoms with E-state index in [1.807, 2.05) is 7.05 Å². The van der Waals surface area contributed by atoms with Crippen LogP contribution < -0.4 is 5.32 Å². The number of hydrogen-bond donors (Lipinski definition) is 1. The van der Waals surface area contributed by atoms with Gasteiger partial charge in [0.15, 0.2) is 0 Å². The summed E-state index contributed by atoms with van der Waals surface area (Å²) in [5.41, 5.74) is 2.57. The van der Waals surface area contributed by atoms with Crippen molar-refractivity contribution >= 4 is 0 Å². The topological polar surface area (TPSA) is 21.3 Å². The number of aryl methyl sites for hydroxylation is 1. The van der Waals surface area contributed by atoms with E-state index in [0.717, 1.165) is 13.0 Å². The minimum atomic E-state index is 0.154. The molecule has 1 aromatic rings. The highest BCUT2D eigenvalue weighted by molar-refractivity contribution is 5.24. The quantitative estimate of drug-likeness (QED) is 0.629. The maximum Gasteiger partial charge on any atom is 0.0952 e. The van der Waals surface area contributed by atoms with Gasteiger partial charge < -0.3 is 10.1 Å². The van der Waals surface area contributed by atoms with Gasteiger partial charge >= 0.3 is 0 Å². The smallest absolute Gasteiger partial charge is 0.0952 e. The molecule has 0 amide bonds. The summed E-state index contributed by atoms with van der Waals surface area (Å²) in [6.07, 6.45) is 6.87. The van der Waals surface area contributed by atoms with Crippen LogP contribution in [0.1, 0.15) is 63.2 Å². The van der Waals surface area contributed by atoms with Gasteiger partial charge in [0.2, 0.25) is 0 Å². The highest BCUT2D eigenvalue weighted by Crippen LogP contribution is 2.21. The average Bonchev–Trinajstić information content (AvgIpc) is 2.43. The van der Waals surface area contributed by atoms with Crippen LogP contribution in [0.3, 0.4) is 0 Å². The lowest BCUT2D eigenvalue weighted by Crippen LogP contribution is -2.23. The molecule has 1 N–H and O–H groups in total. The molecule has 0 radical (unpaired) electrons. The number of rotatable bonds is 10. The molecule has 0 fully saturated rings. The molecule has 0 saturated carbocycles. The van der Waals surface area contributed by atoms with E-state index < -0.39 is 0 Å². The molecule has 1 rings (SSSR count). The van der Waals surface area contributed by atoms with Gasteiger partial charge in [-0.2, -0.15) is 0 Å². The monoisotopic (exact) mass is 277 g/mol. The first-order chi connectivity index (χ1) is 9.67. The van der Waals surface area contributed by atoms with Crippen LogP contribution in [-0.2, 0) is 4.74 Å². The van der Waals surface area contributed by atoms with E-state index in [2.05, 4.69) is 50.4 Å². The van der Waals surface area contributed by atoms with E-state index in [-0.39, 0.29) is 6.10 Å². The second-order valence-corrected chi connectivity index (χ2v) is 5.76. The second-order valence-electron chi connectivity index (χ2n) is 5.76. The highest BCUT2D eigenvalue weighted by Gasteiger charge is 2.15. The van der Waals surface area contributed by atoms with Crippen LogP contribution in [-0.4, -0.2) is 19.7 Å². The summed E-state index contributed by atoms with van der Waals surface area (Å²) in [5.74, 6) is 0. The fraction of sp³-hybridized carbons (Fsp3) is 0.667. The van der Waals surface area contributed by atoms with Crippen LogP contribution in [0.25, 0.3) is 0 Å². The van der Waals surface area contributed by atoms with E-state index in [1.54, 1.807) is 0 Å². The Kier molecular flexibility index (Phi) is 8.56. The fourth-order valence-corrected chi connectivity index (χ4v) is 2.51. The van der Waals surface area contributed by atoms with Gasteiger partial charge in [-0.1, -0.05) is 62.4 Å². The first-order valence-electron chi connectivity index (χ1n) is 8.04. The molecule has 0 bridgehead atoms. The Morgan fingerprint density at radius 3 is 2.65 bits per heavy atom. The van der Waals surface area contributed by atoms with Gasteiger partial charge in [-0.15, -0.1) is 0 Å². The molecule has 0 aliphatic carbocycles. The van der Waals surface area contributed by atoms with Crippen molar-refractivity contribution in [2.75, 3.05) is 13.6 Å². The van der Waals surface area contributed by atoms with Gasteiger partial charge in [0.25, 0.3) is 0 Å². The molecule has 114 valence electrons. The summed E-state index contributed by atoms with van der Waals surface area (Å²) in [5, 5.41) is 3.24. The summed E-state index contributed by atoms with van der Waals surface area (Å²) in [4.78, 5) is 0. The van der Waals surface area contributed by atoms with E-state index >= 15 is 0 Å². The predicted octanol–water partition coefficient (Wildman–Crippen LogP) is 4.63. The number of unbranched alkanes of at least 4 members (excludes halogenated alkanes) is 3. The van der Waals surface area contributed by atoms with Gasteiger partial charge in [-0.3, -0.25) is 0 Å². The van der Waals surface area contributed by atoms with Crippen LogP contribution in [0.5, 0.6) is 0 Å². The molecule has 2 heteroatoms. The van der Waals surface area contributed by atoms with Crippen LogP contribution >= 0.6 is 0 Å². The van der Waals surface area contributed by atoms with E-state index in [1.165, 1.54) is 36.8 Å². The number of hydrogen-bond acceptors (Lipinski definition) is 2. The standard InChI is InChI=1S/C18H31NO/c1-5-6-7-8-11-16(3)20-18(14-19-4)17-12-9-10-15(2)13-17/h9-10,12-13,16,18-19H,5-8,11,14H2,1-4H3. The molecule has 0 aliphatic rings. The van der Waals surface area contributed by atoms with Crippen molar-refractivity contribution in [1.82, 2.24) is 5.32 Å². The predicted molar refractivity (Wildman–Crippen MR) is 87.2 cm³/mol. The largest absolute Gasteiger partial charge is 0.369 e. The fourth-order valence-electron chi connectivity index (χ4n) is 2.51. The van der Waals surface area contributed by atoms with Crippen molar-refractivity contribution in [3.8, 4) is 0 Å². The molecule has 20 heavy (non-hydrogen) atoms. The Labute approximate surface area is 124 Å². The second kappa shape index (κ2) is 9.95. The first kappa shape index (κ1) is 17.2. The van der Waals surface area contributed by atoms with Crippen LogP contribution in [0.2, 0.25) is 0 Å². The third-order valence-corrected chi connectivity index (χ3v) is 3.66. The molecule has 0 aliphatic heterocycles. The molecule has 0 saturated heterocycles. The number of ether oxygens (including phenoxy) is 1. The molecule has 0 aromatic heterocycles. The Morgan fingerprint density at radius 1 is 1.20 bits per heavy atom. The molecule has 2 unspecified atom stereocenters. The van der Waals surface area contributed by atoms with Crippen molar-refractivity contribution < 1.29 is 4.74 Å². The molecule has 2 nitrogen and oxygen atoms in total. The zero-order chi connectivity index (χ0) is 14.8. The third-order valence-electron chi connectivity index (χ3n) is 3.66. The molecule has 2 atom stereocenters. The Morgan fingerprint density at radius 2 is 2.00 bits per heavy atom. The lowest BCUT2D eigenvalue weighted by atomic mass is 10.1. The van der Waals surface area contributed by atoms with E-state index in [9.17, 15) is 0 Å². The number of likely N-dealkylation sites (N-methyl/N-ethyl adjacent to an activating group) is 1. The SMILES string of the molecule is CCCCCCC(C)OC(CNC)c1cccc(C)c1. The average molecular weight is 277 g/mol. The lowest BCUT2D eigenvalue weighted by Gasteiger charge is -2.23. The van der Waals surface area contributed by atoms with Gasteiger partial charge in [0.1, 0.15) is 0 Å². The van der Waals surface area contributed by atoms with Crippen LogP contribution in [0.15, 0.2) is 24.3 Å².